The van der Waals surface area contributed by atoms with Gasteiger partial charge in [0.05, 0.1) is 6.54 Å². The lowest BCUT2D eigenvalue weighted by molar-refractivity contribution is -0.122. The number of hydrogen-bond donors (Lipinski definition) is 2. The second-order valence-electron chi connectivity index (χ2n) is 5.47. The smallest absolute Gasteiger partial charge is 0.233 e. The Morgan fingerprint density at radius 3 is 2.88 bits per heavy atom. The van der Waals surface area contributed by atoms with Crippen molar-refractivity contribution in [3.8, 4) is 0 Å². The van der Waals surface area contributed by atoms with Crippen molar-refractivity contribution in [2.24, 2.45) is 11.8 Å². The summed E-state index contributed by atoms with van der Waals surface area (Å²) in [7, 11) is 1.70. The zero-order chi connectivity index (χ0) is 12.7. The summed E-state index contributed by atoms with van der Waals surface area (Å²) in [6, 6.07) is 0. The molecule has 1 aliphatic heterocycles. The van der Waals surface area contributed by atoms with Gasteiger partial charge in [0.1, 0.15) is 0 Å². The van der Waals surface area contributed by atoms with Crippen molar-refractivity contribution in [2.45, 2.75) is 26.7 Å². The van der Waals surface area contributed by atoms with Gasteiger partial charge in [-0.05, 0) is 44.3 Å². The molecule has 4 nitrogen and oxygen atoms in total. The summed E-state index contributed by atoms with van der Waals surface area (Å²) in [4.78, 5) is 13.6. The minimum atomic E-state index is 0.126. The van der Waals surface area contributed by atoms with Crippen molar-refractivity contribution in [3.05, 3.63) is 0 Å². The highest BCUT2D eigenvalue weighted by Gasteiger charge is 2.20. The molecule has 1 saturated heterocycles. The van der Waals surface area contributed by atoms with E-state index in [1.807, 2.05) is 0 Å². The van der Waals surface area contributed by atoms with Crippen molar-refractivity contribution < 1.29 is 4.79 Å². The highest BCUT2D eigenvalue weighted by molar-refractivity contribution is 5.77. The highest BCUT2D eigenvalue weighted by atomic mass is 16.1. The first-order chi connectivity index (χ1) is 8.11. The lowest BCUT2D eigenvalue weighted by Gasteiger charge is -2.32. The van der Waals surface area contributed by atoms with Crippen molar-refractivity contribution in [1.82, 2.24) is 15.5 Å². The van der Waals surface area contributed by atoms with Crippen LogP contribution in [-0.4, -0.2) is 50.6 Å². The van der Waals surface area contributed by atoms with Gasteiger partial charge < -0.3 is 10.6 Å². The van der Waals surface area contributed by atoms with Crippen LogP contribution < -0.4 is 10.6 Å². The number of nitrogens with one attached hydrogen (secondary N) is 2. The van der Waals surface area contributed by atoms with Gasteiger partial charge in [-0.1, -0.05) is 13.8 Å². The van der Waals surface area contributed by atoms with E-state index in [0.29, 0.717) is 18.4 Å². The molecule has 0 aromatic rings. The monoisotopic (exact) mass is 241 g/mol. The molecule has 1 rings (SSSR count). The van der Waals surface area contributed by atoms with Crippen LogP contribution >= 0.6 is 0 Å². The molecule has 1 unspecified atom stereocenters. The van der Waals surface area contributed by atoms with Crippen LogP contribution in [0.5, 0.6) is 0 Å². The Kier molecular flexibility index (Phi) is 6.52. The number of carbonyl (C=O) groups is 1. The number of hydrogen-bond acceptors (Lipinski definition) is 3. The predicted octanol–water partition coefficient (Wildman–Crippen LogP) is 0.690. The van der Waals surface area contributed by atoms with Gasteiger partial charge >= 0.3 is 0 Å². The quantitative estimate of drug-likeness (QED) is 0.719. The Morgan fingerprint density at radius 1 is 1.47 bits per heavy atom. The third-order valence-corrected chi connectivity index (χ3v) is 3.23. The topological polar surface area (TPSA) is 44.4 Å². The van der Waals surface area contributed by atoms with E-state index in [1.165, 1.54) is 12.8 Å². The summed E-state index contributed by atoms with van der Waals surface area (Å²) in [6.45, 7) is 9.30. The predicted molar refractivity (Wildman–Crippen MR) is 70.9 cm³/mol. The number of nitrogens with zero attached hydrogens (tertiary/aromatic N) is 1. The van der Waals surface area contributed by atoms with Gasteiger partial charge in [0.2, 0.25) is 5.91 Å². The van der Waals surface area contributed by atoms with Crippen molar-refractivity contribution in [1.29, 1.82) is 0 Å². The Hall–Kier alpha value is -0.610. The zero-order valence-electron chi connectivity index (χ0n) is 11.5. The second kappa shape index (κ2) is 7.67. The van der Waals surface area contributed by atoms with Crippen LogP contribution in [0.4, 0.5) is 0 Å². The SMILES string of the molecule is CNC(=O)CN1CCCC(CNCC(C)C)C1. The average Bonchev–Trinajstić information content (AvgIpc) is 2.29. The van der Waals surface area contributed by atoms with Gasteiger partial charge in [-0.25, -0.2) is 0 Å². The summed E-state index contributed by atoms with van der Waals surface area (Å²) in [6.07, 6.45) is 2.50. The molecule has 0 aromatic carbocycles. The molecular formula is C13H27N3O. The Bertz CT molecular complexity index is 231. The van der Waals surface area contributed by atoms with Crippen LogP contribution in [0.25, 0.3) is 0 Å². The van der Waals surface area contributed by atoms with E-state index in [1.54, 1.807) is 7.05 Å². The maximum absolute atomic E-state index is 11.3. The minimum Gasteiger partial charge on any atom is -0.358 e. The third-order valence-electron chi connectivity index (χ3n) is 3.23. The van der Waals surface area contributed by atoms with E-state index >= 15 is 0 Å². The van der Waals surface area contributed by atoms with E-state index in [9.17, 15) is 4.79 Å². The van der Waals surface area contributed by atoms with E-state index in [-0.39, 0.29) is 5.91 Å². The zero-order valence-corrected chi connectivity index (χ0v) is 11.5. The fraction of sp³-hybridized carbons (Fsp3) is 0.923. The molecule has 0 spiro atoms. The van der Waals surface area contributed by atoms with Gasteiger partial charge in [0.25, 0.3) is 0 Å². The molecule has 1 amide bonds. The fourth-order valence-electron chi connectivity index (χ4n) is 2.32. The number of likely N-dealkylation sites (tertiary alicyclic amines) is 1. The fourth-order valence-corrected chi connectivity index (χ4v) is 2.32. The first kappa shape index (κ1) is 14.5. The van der Waals surface area contributed by atoms with Gasteiger partial charge in [0.15, 0.2) is 0 Å². The Balaban J connectivity index is 2.21. The number of amides is 1. The van der Waals surface area contributed by atoms with Crippen LogP contribution in [0, 0.1) is 11.8 Å². The molecule has 0 bridgehead atoms. The van der Waals surface area contributed by atoms with E-state index in [4.69, 9.17) is 0 Å². The third kappa shape index (κ3) is 6.03. The van der Waals surface area contributed by atoms with E-state index in [0.717, 1.165) is 26.2 Å². The molecule has 17 heavy (non-hydrogen) atoms. The molecule has 100 valence electrons. The molecule has 0 radical (unpaired) electrons. The van der Waals surface area contributed by atoms with Crippen LogP contribution in [0.15, 0.2) is 0 Å². The number of rotatable bonds is 6. The lowest BCUT2D eigenvalue weighted by Crippen LogP contribution is -2.44. The molecule has 1 atom stereocenters. The first-order valence-electron chi connectivity index (χ1n) is 6.75. The van der Waals surface area contributed by atoms with Crippen molar-refractivity contribution >= 4 is 5.91 Å². The summed E-state index contributed by atoms with van der Waals surface area (Å²) in [5.74, 6) is 1.54. The van der Waals surface area contributed by atoms with Crippen LogP contribution in [0.2, 0.25) is 0 Å². The summed E-state index contributed by atoms with van der Waals surface area (Å²) < 4.78 is 0. The molecule has 1 heterocycles. The molecule has 0 aliphatic carbocycles. The second-order valence-corrected chi connectivity index (χ2v) is 5.47. The molecular weight excluding hydrogens is 214 g/mol. The van der Waals surface area contributed by atoms with Crippen LogP contribution in [0.3, 0.4) is 0 Å². The number of carbonyl (C=O) groups excluding carboxylic acids is 1. The first-order valence-corrected chi connectivity index (χ1v) is 6.75. The van der Waals surface area contributed by atoms with Crippen molar-refractivity contribution in [2.75, 3.05) is 39.8 Å². The molecule has 4 heteroatoms. The highest BCUT2D eigenvalue weighted by Crippen LogP contribution is 2.15. The normalized spacial score (nSPS) is 21.8. The maximum Gasteiger partial charge on any atom is 0.233 e. The Morgan fingerprint density at radius 2 is 2.24 bits per heavy atom. The molecule has 0 aromatic heterocycles. The lowest BCUT2D eigenvalue weighted by atomic mass is 9.98. The van der Waals surface area contributed by atoms with Gasteiger partial charge in [0, 0.05) is 13.6 Å². The summed E-state index contributed by atoms with van der Waals surface area (Å²) in [5, 5.41) is 6.20. The van der Waals surface area contributed by atoms with Gasteiger partial charge in [-0.2, -0.15) is 0 Å². The van der Waals surface area contributed by atoms with Crippen molar-refractivity contribution in [3.63, 3.8) is 0 Å². The molecule has 2 N–H and O–H groups in total. The standard InChI is InChI=1S/C13H27N3O/c1-11(2)7-15-8-12-5-4-6-16(9-12)10-13(17)14-3/h11-12,15H,4-10H2,1-3H3,(H,14,17). The number of piperidine rings is 1. The molecule has 0 saturated carbocycles. The molecule has 1 aliphatic rings. The average molecular weight is 241 g/mol. The van der Waals surface area contributed by atoms with Gasteiger partial charge in [-0.3, -0.25) is 9.69 Å². The summed E-state index contributed by atoms with van der Waals surface area (Å²) in [5.41, 5.74) is 0. The largest absolute Gasteiger partial charge is 0.358 e. The summed E-state index contributed by atoms with van der Waals surface area (Å²) >= 11 is 0. The van der Waals surface area contributed by atoms with Gasteiger partial charge in [-0.15, -0.1) is 0 Å². The van der Waals surface area contributed by atoms with Crippen LogP contribution in [-0.2, 0) is 4.79 Å². The van der Waals surface area contributed by atoms with E-state index in [2.05, 4.69) is 29.4 Å². The minimum absolute atomic E-state index is 0.126. The Labute approximate surface area is 105 Å². The van der Waals surface area contributed by atoms with E-state index < -0.39 is 0 Å². The number of likely N-dealkylation sites (N-methyl/N-ethyl adjacent to an activating group) is 1. The van der Waals surface area contributed by atoms with Crippen LogP contribution in [0.1, 0.15) is 26.7 Å². The molecule has 1 fully saturated rings. The maximum atomic E-state index is 11.3.